The van der Waals surface area contributed by atoms with Crippen molar-refractivity contribution < 1.29 is 9.21 Å². The summed E-state index contributed by atoms with van der Waals surface area (Å²) in [5, 5.41) is 3.36. The highest BCUT2D eigenvalue weighted by Crippen LogP contribution is 2.23. The predicted octanol–water partition coefficient (Wildman–Crippen LogP) is 2.10. The van der Waals surface area contributed by atoms with Crippen LogP contribution in [-0.4, -0.2) is 60.0 Å². The van der Waals surface area contributed by atoms with Gasteiger partial charge in [-0.2, -0.15) is 0 Å². The molecule has 2 aromatic rings. The van der Waals surface area contributed by atoms with E-state index in [0.29, 0.717) is 11.6 Å². The van der Waals surface area contributed by atoms with Crippen LogP contribution in [0.15, 0.2) is 41.0 Å². The van der Waals surface area contributed by atoms with E-state index in [1.807, 2.05) is 11.0 Å². The number of piperidine rings is 1. The van der Waals surface area contributed by atoms with Crippen LogP contribution >= 0.6 is 0 Å². The van der Waals surface area contributed by atoms with E-state index in [1.165, 1.54) is 11.8 Å². The topological polar surface area (TPSA) is 61.6 Å². The van der Waals surface area contributed by atoms with Crippen LogP contribution in [0.4, 0.5) is 0 Å². The first-order chi connectivity index (χ1) is 12.8. The number of nitrogens with one attached hydrogen (secondary N) is 1. The van der Waals surface area contributed by atoms with Crippen molar-refractivity contribution in [1.82, 2.24) is 20.1 Å². The lowest BCUT2D eigenvalue weighted by molar-refractivity contribution is 0.0622. The summed E-state index contributed by atoms with van der Waals surface area (Å²) in [7, 11) is 0. The summed E-state index contributed by atoms with van der Waals surface area (Å²) < 4.78 is 5.61. The summed E-state index contributed by atoms with van der Waals surface area (Å²) in [6.07, 6.45) is 3.72. The lowest BCUT2D eigenvalue weighted by atomic mass is 10.00. The van der Waals surface area contributed by atoms with Crippen LogP contribution in [0.1, 0.15) is 40.7 Å². The summed E-state index contributed by atoms with van der Waals surface area (Å²) in [6, 6.07) is 10.5. The summed E-state index contributed by atoms with van der Waals surface area (Å²) in [4.78, 5) is 21.5. The van der Waals surface area contributed by atoms with Crippen LogP contribution < -0.4 is 5.32 Å². The third kappa shape index (κ3) is 3.97. The second-order valence-electron chi connectivity index (χ2n) is 7.17. The van der Waals surface area contributed by atoms with Crippen LogP contribution in [0.25, 0.3) is 0 Å². The highest BCUT2D eigenvalue weighted by molar-refractivity contribution is 5.92. The Morgan fingerprint density at radius 3 is 2.73 bits per heavy atom. The molecule has 1 aromatic carbocycles. The largest absolute Gasteiger partial charge is 0.448 e. The fourth-order valence-electron chi connectivity index (χ4n) is 3.75. The van der Waals surface area contributed by atoms with Crippen molar-refractivity contribution in [3.8, 4) is 0 Å². The molecule has 26 heavy (non-hydrogen) atoms. The summed E-state index contributed by atoms with van der Waals surface area (Å²) >= 11 is 0. The molecule has 2 aliphatic heterocycles. The number of piperazine rings is 1. The average molecular weight is 354 g/mol. The molecule has 2 aliphatic rings. The van der Waals surface area contributed by atoms with Crippen LogP contribution in [-0.2, 0) is 6.54 Å². The Balaban J connectivity index is 1.31. The molecule has 0 bridgehead atoms. The minimum absolute atomic E-state index is 0.0110. The number of hydrogen-bond acceptors (Lipinski definition) is 5. The smallest absolute Gasteiger partial charge is 0.275 e. The summed E-state index contributed by atoms with van der Waals surface area (Å²) in [5.74, 6) is 0.972. The third-order valence-corrected chi connectivity index (χ3v) is 5.30. The maximum atomic E-state index is 12.7. The molecule has 2 fully saturated rings. The summed E-state index contributed by atoms with van der Waals surface area (Å²) in [5.41, 5.74) is 1.76. The van der Waals surface area contributed by atoms with E-state index in [-0.39, 0.29) is 11.8 Å². The molecular formula is C20H26N4O2. The van der Waals surface area contributed by atoms with Crippen molar-refractivity contribution in [3.63, 3.8) is 0 Å². The maximum absolute atomic E-state index is 12.7. The zero-order valence-corrected chi connectivity index (χ0v) is 15.1. The first-order valence-electron chi connectivity index (χ1n) is 9.51. The molecule has 1 atom stereocenters. The van der Waals surface area contributed by atoms with E-state index in [4.69, 9.17) is 4.42 Å². The van der Waals surface area contributed by atoms with E-state index in [0.717, 1.165) is 58.7 Å². The van der Waals surface area contributed by atoms with Gasteiger partial charge in [0.05, 0.1) is 0 Å². The molecule has 0 radical (unpaired) electrons. The molecular weight excluding hydrogens is 328 g/mol. The summed E-state index contributed by atoms with van der Waals surface area (Å²) in [6.45, 7) is 6.11. The maximum Gasteiger partial charge on any atom is 0.275 e. The molecule has 3 heterocycles. The van der Waals surface area contributed by atoms with E-state index < -0.39 is 0 Å². The number of carbonyl (C=O) groups is 1. The van der Waals surface area contributed by atoms with Crippen molar-refractivity contribution in [2.24, 2.45) is 0 Å². The first kappa shape index (κ1) is 17.2. The highest BCUT2D eigenvalue weighted by Gasteiger charge is 2.26. The fourth-order valence-corrected chi connectivity index (χ4v) is 3.75. The lowest BCUT2D eigenvalue weighted by Crippen LogP contribution is -2.48. The molecule has 6 heteroatoms. The molecule has 1 N–H and O–H groups in total. The Morgan fingerprint density at radius 1 is 1.19 bits per heavy atom. The van der Waals surface area contributed by atoms with Crippen LogP contribution in [0.3, 0.4) is 0 Å². The average Bonchev–Trinajstić information content (AvgIpc) is 3.20. The molecule has 0 saturated carbocycles. The van der Waals surface area contributed by atoms with Gasteiger partial charge in [-0.3, -0.25) is 9.69 Å². The van der Waals surface area contributed by atoms with Gasteiger partial charge >= 0.3 is 0 Å². The van der Waals surface area contributed by atoms with Gasteiger partial charge in [-0.15, -0.1) is 0 Å². The highest BCUT2D eigenvalue weighted by atomic mass is 16.3. The number of hydrogen-bond donors (Lipinski definition) is 1. The standard InChI is InChI=1S/C20H26N4O2/c25-20(18-15-26-19(22-18)17-7-4-8-21-13-17)24-11-9-23(10-12-24)14-16-5-2-1-3-6-16/h1-3,5-6,15,17,21H,4,7-14H2. The lowest BCUT2D eigenvalue weighted by Gasteiger charge is -2.34. The van der Waals surface area contributed by atoms with Gasteiger partial charge < -0.3 is 14.6 Å². The fraction of sp³-hybridized carbons (Fsp3) is 0.500. The molecule has 0 aliphatic carbocycles. The van der Waals surface area contributed by atoms with Crippen molar-refractivity contribution in [3.05, 3.63) is 53.7 Å². The van der Waals surface area contributed by atoms with Crippen molar-refractivity contribution >= 4 is 5.91 Å². The molecule has 1 unspecified atom stereocenters. The van der Waals surface area contributed by atoms with E-state index >= 15 is 0 Å². The third-order valence-electron chi connectivity index (χ3n) is 5.30. The van der Waals surface area contributed by atoms with Crippen LogP contribution in [0.5, 0.6) is 0 Å². The monoisotopic (exact) mass is 354 g/mol. The van der Waals surface area contributed by atoms with Crippen molar-refractivity contribution in [1.29, 1.82) is 0 Å². The van der Waals surface area contributed by atoms with Crippen LogP contribution in [0.2, 0.25) is 0 Å². The molecule has 1 amide bonds. The van der Waals surface area contributed by atoms with Gasteiger partial charge in [-0.1, -0.05) is 30.3 Å². The number of amides is 1. The Hall–Kier alpha value is -2.18. The van der Waals surface area contributed by atoms with Gasteiger partial charge in [0.1, 0.15) is 6.26 Å². The molecule has 1 aromatic heterocycles. The second-order valence-corrected chi connectivity index (χ2v) is 7.17. The Morgan fingerprint density at radius 2 is 2.00 bits per heavy atom. The Bertz CT molecular complexity index is 716. The van der Waals surface area contributed by atoms with Crippen molar-refractivity contribution in [2.75, 3.05) is 39.3 Å². The quantitative estimate of drug-likeness (QED) is 0.911. The molecule has 0 spiro atoms. The Labute approximate surface area is 154 Å². The number of nitrogens with zero attached hydrogens (tertiary/aromatic N) is 3. The SMILES string of the molecule is O=C(c1coc(C2CCCNC2)n1)N1CCN(Cc2ccccc2)CC1. The Kier molecular flexibility index (Phi) is 5.32. The number of benzene rings is 1. The normalized spacial score (nSPS) is 21.7. The van der Waals surface area contributed by atoms with Gasteiger partial charge in [-0.05, 0) is 24.9 Å². The molecule has 2 saturated heterocycles. The van der Waals surface area contributed by atoms with Gasteiger partial charge in [0.15, 0.2) is 11.6 Å². The van der Waals surface area contributed by atoms with Crippen LogP contribution in [0, 0.1) is 0 Å². The van der Waals surface area contributed by atoms with Gasteiger partial charge in [0, 0.05) is 45.2 Å². The molecule has 138 valence electrons. The van der Waals surface area contributed by atoms with E-state index in [1.54, 1.807) is 0 Å². The predicted molar refractivity (Wildman–Crippen MR) is 99.0 cm³/mol. The zero-order valence-electron chi connectivity index (χ0n) is 15.1. The van der Waals surface area contributed by atoms with Gasteiger partial charge in [-0.25, -0.2) is 4.98 Å². The van der Waals surface area contributed by atoms with E-state index in [9.17, 15) is 4.79 Å². The number of aromatic nitrogens is 1. The minimum Gasteiger partial charge on any atom is -0.448 e. The zero-order chi connectivity index (χ0) is 17.8. The van der Waals surface area contributed by atoms with Gasteiger partial charge in [0.2, 0.25) is 0 Å². The first-order valence-corrected chi connectivity index (χ1v) is 9.51. The number of carbonyl (C=O) groups excluding carboxylic acids is 1. The molecule has 6 nitrogen and oxygen atoms in total. The van der Waals surface area contributed by atoms with E-state index in [2.05, 4.69) is 39.5 Å². The number of oxazole rings is 1. The molecule has 4 rings (SSSR count). The van der Waals surface area contributed by atoms with Crippen molar-refractivity contribution in [2.45, 2.75) is 25.3 Å². The van der Waals surface area contributed by atoms with Gasteiger partial charge in [0.25, 0.3) is 5.91 Å². The minimum atomic E-state index is -0.0110. The number of rotatable bonds is 4. The second kappa shape index (κ2) is 8.01.